The van der Waals surface area contributed by atoms with E-state index in [0.29, 0.717) is 48.6 Å². The molecule has 1 aromatic heterocycles. The van der Waals surface area contributed by atoms with Crippen LogP contribution in [0, 0.1) is 42.1 Å². The number of hydrogen-bond acceptors (Lipinski definition) is 12. The molecule has 3 aromatic rings. The molecule has 3 amide bonds. The molecular formula is C57H83N9O12. The molecule has 0 fully saturated rings. The van der Waals surface area contributed by atoms with Crippen molar-refractivity contribution in [2.24, 2.45) is 45.7 Å². The van der Waals surface area contributed by atoms with Gasteiger partial charge >= 0.3 is 23.9 Å². The lowest BCUT2D eigenvalue weighted by Gasteiger charge is -2.37. The number of methoxy groups -OCH3 is 1. The largest absolute Gasteiger partial charge is 0.494 e. The molecule has 0 aliphatic rings. The van der Waals surface area contributed by atoms with Crippen LogP contribution in [0.3, 0.4) is 0 Å². The van der Waals surface area contributed by atoms with Gasteiger partial charge in [0.25, 0.3) is 5.69 Å². The van der Waals surface area contributed by atoms with E-state index < -0.39 is 95.0 Å². The van der Waals surface area contributed by atoms with Crippen molar-refractivity contribution >= 4 is 70.2 Å². The fourth-order valence-electron chi connectivity index (χ4n) is 9.87. The molecule has 2 aromatic carbocycles. The van der Waals surface area contributed by atoms with Gasteiger partial charge in [-0.1, -0.05) is 130 Å². The highest BCUT2D eigenvalue weighted by atomic mass is 16.5. The number of aromatic nitrogens is 2. The molecule has 0 bridgehead atoms. The average molecular weight is 1090 g/mol. The van der Waals surface area contributed by atoms with Crippen LogP contribution in [-0.2, 0) is 45.5 Å². The van der Waals surface area contributed by atoms with E-state index >= 15 is 4.79 Å². The minimum absolute atomic E-state index is 0.00830. The van der Waals surface area contributed by atoms with Gasteiger partial charge in [-0.3, -0.25) is 38.2 Å². The fourth-order valence-corrected chi connectivity index (χ4v) is 9.87. The SMILES string of the molecule is [C-]#[N+]c1c(C(C)(C)C)nn(CCNC(=O)C(C(CC(C)c2ccccc2)C(=O)O)C(C(=O)O)C(C(=O)NCCCCCCCCCCCC)C(C(=O)O)C(C)C(=O)O)c1N=Nc1cc(OC)c(N(CC)CC)cc1NC(C)=O. The van der Waals surface area contributed by atoms with Crippen LogP contribution < -0.4 is 25.6 Å². The van der Waals surface area contributed by atoms with Crippen LogP contribution in [0.4, 0.5) is 28.6 Å². The molecule has 1 heterocycles. The molecule has 21 nitrogen and oxygen atoms in total. The summed E-state index contributed by atoms with van der Waals surface area (Å²) >= 11 is 0. The second-order valence-electron chi connectivity index (χ2n) is 20.9. The van der Waals surface area contributed by atoms with Crippen molar-refractivity contribution in [1.29, 1.82) is 0 Å². The number of unbranched alkanes of at least 4 members (excludes halogenated alkanes) is 9. The summed E-state index contributed by atoms with van der Waals surface area (Å²) in [5.41, 5.74) is 1.35. The highest BCUT2D eigenvalue weighted by Crippen LogP contribution is 2.44. The minimum atomic E-state index is -2.39. The van der Waals surface area contributed by atoms with Gasteiger partial charge in [-0.25, -0.2) is 4.85 Å². The zero-order chi connectivity index (χ0) is 58.3. The smallest absolute Gasteiger partial charge is 0.308 e. The van der Waals surface area contributed by atoms with Crippen LogP contribution in [-0.4, -0.2) is 105 Å². The molecule has 0 aliphatic carbocycles. The number of carbonyl (C=O) groups is 7. The first-order valence-electron chi connectivity index (χ1n) is 27.2. The highest BCUT2D eigenvalue weighted by molar-refractivity contribution is 5.96. The molecule has 7 unspecified atom stereocenters. The van der Waals surface area contributed by atoms with Crippen LogP contribution in [0.15, 0.2) is 52.7 Å². The molecule has 0 radical (unpaired) electrons. The Morgan fingerprint density at radius 1 is 0.744 bits per heavy atom. The number of aliphatic carboxylic acids is 4. The second kappa shape index (κ2) is 31.8. The Kier molecular flexibility index (Phi) is 26.4. The number of anilines is 2. The van der Waals surface area contributed by atoms with E-state index in [0.717, 1.165) is 45.4 Å². The van der Waals surface area contributed by atoms with Crippen molar-refractivity contribution in [3.8, 4) is 5.75 Å². The van der Waals surface area contributed by atoms with Crippen LogP contribution >= 0.6 is 0 Å². The molecule has 78 heavy (non-hydrogen) atoms. The normalized spacial score (nSPS) is 14.2. The summed E-state index contributed by atoms with van der Waals surface area (Å²) in [7, 11) is 1.49. The zero-order valence-electron chi connectivity index (χ0n) is 47.1. The molecule has 428 valence electrons. The van der Waals surface area contributed by atoms with Gasteiger partial charge < -0.3 is 46.0 Å². The van der Waals surface area contributed by atoms with E-state index in [4.69, 9.17) is 16.4 Å². The summed E-state index contributed by atoms with van der Waals surface area (Å²) in [6.45, 7) is 24.4. The summed E-state index contributed by atoms with van der Waals surface area (Å²) in [5, 5.41) is 64.8. The number of ether oxygens (including phenoxy) is 1. The Balaban J connectivity index is 2.19. The maximum atomic E-state index is 15.0. The van der Waals surface area contributed by atoms with Gasteiger partial charge in [-0.15, -0.1) is 10.2 Å². The van der Waals surface area contributed by atoms with Crippen LogP contribution in [0.2, 0.25) is 0 Å². The molecule has 0 spiro atoms. The first-order chi connectivity index (χ1) is 37.0. The van der Waals surface area contributed by atoms with E-state index in [1.165, 1.54) is 31.6 Å². The number of nitrogens with one attached hydrogen (secondary N) is 3. The van der Waals surface area contributed by atoms with Crippen molar-refractivity contribution in [2.45, 2.75) is 151 Å². The standard InChI is InChI=1S/C57H83N9O12/c1-12-15-16-17-18-19-20-21-22-26-29-59-52(69)46(44(55(74)75)36(5)53(70)71)47(56(76)77)45(39(54(72)73)32-35(4)38-27-24-23-25-28-38)51(68)60-30-31-66-50(48(58-10)49(64-66)57(7,8)9)63-62-41-34-43(78-11)42(65(13-2)14-3)33-40(41)61-37(6)67/h23-25,27-28,33-36,39,44-47H,12-22,26,29-32H2,1-9,11H3,(H,59,69)(H,60,68)(H,61,67)(H,70,71)(H,72,73)(H,74,75)(H,76,77). The quantitative estimate of drug-likeness (QED) is 0.0164. The number of hydrogen-bond donors (Lipinski definition) is 7. The number of benzene rings is 2. The number of rotatable bonds is 35. The van der Waals surface area contributed by atoms with Gasteiger partial charge in [0.15, 0.2) is 5.82 Å². The number of amides is 3. The predicted octanol–water partition coefficient (Wildman–Crippen LogP) is 10.4. The van der Waals surface area contributed by atoms with E-state index in [1.807, 2.05) is 39.5 Å². The van der Waals surface area contributed by atoms with E-state index in [1.54, 1.807) is 49.4 Å². The molecule has 3 rings (SSSR count). The van der Waals surface area contributed by atoms with Gasteiger partial charge in [0.2, 0.25) is 17.7 Å². The monoisotopic (exact) mass is 1090 g/mol. The van der Waals surface area contributed by atoms with Crippen molar-refractivity contribution in [3.05, 3.63) is 65.1 Å². The first-order valence-corrected chi connectivity index (χ1v) is 27.2. The lowest BCUT2D eigenvalue weighted by atomic mass is 9.65. The summed E-state index contributed by atoms with van der Waals surface area (Å²) in [4.78, 5) is 101. The summed E-state index contributed by atoms with van der Waals surface area (Å²) < 4.78 is 7.01. The van der Waals surface area contributed by atoms with E-state index in [9.17, 15) is 49.2 Å². The van der Waals surface area contributed by atoms with Crippen LogP contribution in [0.1, 0.15) is 150 Å². The van der Waals surface area contributed by atoms with E-state index in [-0.39, 0.29) is 42.4 Å². The molecule has 7 N–H and O–H groups in total. The number of carboxylic acid groups (broad SMARTS) is 4. The number of nitrogens with zero attached hydrogens (tertiary/aromatic N) is 6. The Morgan fingerprint density at radius 2 is 1.31 bits per heavy atom. The molecule has 0 saturated carbocycles. The van der Waals surface area contributed by atoms with Crippen molar-refractivity contribution in [2.75, 3.05) is 43.5 Å². The van der Waals surface area contributed by atoms with Gasteiger partial charge in [0.1, 0.15) is 11.4 Å². The van der Waals surface area contributed by atoms with Crippen LogP contribution in [0.25, 0.3) is 4.85 Å². The predicted molar refractivity (Wildman–Crippen MR) is 297 cm³/mol. The van der Waals surface area contributed by atoms with Gasteiger partial charge in [0.05, 0.1) is 72.8 Å². The third kappa shape index (κ3) is 18.4. The number of carbonyl (C=O) groups excluding carboxylic acids is 3. The van der Waals surface area contributed by atoms with Gasteiger partial charge in [-0.05, 0) is 49.7 Å². The second-order valence-corrected chi connectivity index (χ2v) is 20.9. The summed E-state index contributed by atoms with van der Waals surface area (Å²) in [5.74, 6) is -22.7. The first kappa shape index (κ1) is 64.9. The topological polar surface area (TPSA) is 296 Å². The molecule has 21 heteroatoms. The molecule has 0 aliphatic heterocycles. The van der Waals surface area contributed by atoms with Crippen molar-refractivity contribution in [1.82, 2.24) is 20.4 Å². The van der Waals surface area contributed by atoms with E-state index in [2.05, 4.69) is 37.9 Å². The van der Waals surface area contributed by atoms with Crippen molar-refractivity contribution < 1.29 is 58.7 Å². The Labute approximate surface area is 458 Å². The Bertz CT molecular complexity index is 2570. The van der Waals surface area contributed by atoms with Crippen molar-refractivity contribution in [3.63, 3.8) is 0 Å². The minimum Gasteiger partial charge on any atom is -0.494 e. The average Bonchev–Trinajstić information content (AvgIpc) is 3.79. The fraction of sp³-hybridized carbons (Fsp3) is 0.596. The third-order valence-electron chi connectivity index (χ3n) is 14.1. The number of carboxylic acids is 4. The maximum absolute atomic E-state index is 15.0. The van der Waals surface area contributed by atoms with Gasteiger partial charge in [0, 0.05) is 39.2 Å². The summed E-state index contributed by atoms with van der Waals surface area (Å²) in [6, 6.07) is 11.9. The van der Waals surface area contributed by atoms with Crippen LogP contribution in [0.5, 0.6) is 5.75 Å². The van der Waals surface area contributed by atoms with Gasteiger partial charge in [-0.2, -0.15) is 5.10 Å². The highest BCUT2D eigenvalue weighted by Gasteiger charge is 2.54. The maximum Gasteiger partial charge on any atom is 0.308 e. The molecular weight excluding hydrogens is 1000 g/mol. The molecule has 0 saturated heterocycles. The lowest BCUT2D eigenvalue weighted by Crippen LogP contribution is -2.55. The number of azo groups is 1. The Hall–Kier alpha value is -7.37. The zero-order valence-corrected chi connectivity index (χ0v) is 47.1. The summed E-state index contributed by atoms with van der Waals surface area (Å²) in [6.07, 6.45) is 9.39. The lowest BCUT2D eigenvalue weighted by molar-refractivity contribution is -0.168. The molecule has 7 atom stereocenters. The third-order valence-corrected chi connectivity index (χ3v) is 14.1. The Morgan fingerprint density at radius 3 is 1.81 bits per heavy atom.